The van der Waals surface area contributed by atoms with Crippen LogP contribution >= 0.6 is 11.6 Å². The zero-order valence-corrected chi connectivity index (χ0v) is 9.91. The van der Waals surface area contributed by atoms with Gasteiger partial charge in [0.1, 0.15) is 5.82 Å². The van der Waals surface area contributed by atoms with E-state index in [1.165, 1.54) is 12.1 Å². The summed E-state index contributed by atoms with van der Waals surface area (Å²) < 4.78 is 14.8. The summed E-state index contributed by atoms with van der Waals surface area (Å²) in [5, 5.41) is 0.0539. The Balaban J connectivity index is 2.19. The summed E-state index contributed by atoms with van der Waals surface area (Å²) in [6, 6.07) is 4.34. The number of halogens is 2. The van der Waals surface area contributed by atoms with E-state index in [4.69, 9.17) is 11.6 Å². The van der Waals surface area contributed by atoms with Crippen molar-refractivity contribution in [3.63, 3.8) is 0 Å². The maximum absolute atomic E-state index is 13.2. The van der Waals surface area contributed by atoms with Gasteiger partial charge in [0.05, 0.1) is 5.02 Å². The first kappa shape index (κ1) is 11.8. The summed E-state index contributed by atoms with van der Waals surface area (Å²) in [4.78, 5) is 15.8. The molecule has 0 radical (unpaired) electrons. The average Bonchev–Trinajstić information content (AvgIpc) is 2.70. The van der Waals surface area contributed by atoms with E-state index in [-0.39, 0.29) is 17.2 Å². The van der Waals surface area contributed by atoms with Crippen molar-refractivity contribution in [1.29, 1.82) is 0 Å². The Labute approximate surface area is 103 Å². The summed E-state index contributed by atoms with van der Waals surface area (Å²) in [7, 11) is 1.74. The standard InChI is InChI=1S/C12H10ClFN2O/c1-16-5-4-15-12(16)11(17)7-8-2-3-9(13)10(14)6-8/h2-6H,7H2,1H3. The molecule has 17 heavy (non-hydrogen) atoms. The van der Waals surface area contributed by atoms with E-state index in [9.17, 15) is 9.18 Å². The molecule has 3 nitrogen and oxygen atoms in total. The number of hydrogen-bond donors (Lipinski definition) is 0. The molecule has 1 aromatic heterocycles. The minimum absolute atomic E-state index is 0.0539. The molecule has 0 bridgehead atoms. The van der Waals surface area contributed by atoms with Gasteiger partial charge in [-0.15, -0.1) is 0 Å². The van der Waals surface area contributed by atoms with Crippen LogP contribution in [0.2, 0.25) is 5.02 Å². The second-order valence-corrected chi connectivity index (χ2v) is 4.12. The first-order valence-electron chi connectivity index (χ1n) is 5.02. The molecule has 2 rings (SSSR count). The molecule has 2 aromatic rings. The molecule has 0 atom stereocenters. The van der Waals surface area contributed by atoms with Crippen molar-refractivity contribution in [3.8, 4) is 0 Å². The number of carbonyl (C=O) groups excluding carboxylic acids is 1. The molecule has 0 saturated heterocycles. The van der Waals surface area contributed by atoms with Gasteiger partial charge in [-0.3, -0.25) is 4.79 Å². The van der Waals surface area contributed by atoms with Crippen molar-refractivity contribution < 1.29 is 9.18 Å². The number of benzene rings is 1. The van der Waals surface area contributed by atoms with Crippen LogP contribution in [0, 0.1) is 5.82 Å². The van der Waals surface area contributed by atoms with Crippen molar-refractivity contribution >= 4 is 17.4 Å². The fourth-order valence-electron chi connectivity index (χ4n) is 1.55. The van der Waals surface area contributed by atoms with Gasteiger partial charge in [-0.25, -0.2) is 9.37 Å². The Morgan fingerprint density at radius 2 is 2.29 bits per heavy atom. The third-order valence-corrected chi connectivity index (χ3v) is 2.73. The van der Waals surface area contributed by atoms with Crippen LogP contribution in [-0.4, -0.2) is 15.3 Å². The minimum Gasteiger partial charge on any atom is -0.332 e. The third-order valence-electron chi connectivity index (χ3n) is 2.42. The molecular formula is C12H10ClFN2O. The first-order valence-corrected chi connectivity index (χ1v) is 5.40. The summed E-state index contributed by atoms with van der Waals surface area (Å²) in [6.07, 6.45) is 3.35. The molecule has 5 heteroatoms. The van der Waals surface area contributed by atoms with Gasteiger partial charge in [0.2, 0.25) is 5.78 Å². The largest absolute Gasteiger partial charge is 0.332 e. The predicted molar refractivity (Wildman–Crippen MR) is 62.7 cm³/mol. The molecule has 88 valence electrons. The van der Waals surface area contributed by atoms with Gasteiger partial charge < -0.3 is 4.57 Å². The van der Waals surface area contributed by atoms with Crippen molar-refractivity contribution in [2.24, 2.45) is 7.05 Å². The summed E-state index contributed by atoms with van der Waals surface area (Å²) >= 11 is 5.57. The van der Waals surface area contributed by atoms with E-state index in [2.05, 4.69) is 4.98 Å². The van der Waals surface area contributed by atoms with Crippen LogP contribution < -0.4 is 0 Å². The van der Waals surface area contributed by atoms with Crippen molar-refractivity contribution in [2.45, 2.75) is 6.42 Å². The maximum Gasteiger partial charge on any atom is 0.202 e. The van der Waals surface area contributed by atoms with E-state index in [0.29, 0.717) is 11.4 Å². The lowest BCUT2D eigenvalue weighted by Crippen LogP contribution is -2.10. The van der Waals surface area contributed by atoms with Crippen molar-refractivity contribution in [2.75, 3.05) is 0 Å². The Hall–Kier alpha value is -1.68. The fraction of sp³-hybridized carbons (Fsp3) is 0.167. The normalized spacial score (nSPS) is 10.5. The molecule has 0 amide bonds. The zero-order chi connectivity index (χ0) is 12.4. The Bertz CT molecular complexity index is 565. The molecule has 1 heterocycles. The highest BCUT2D eigenvalue weighted by atomic mass is 35.5. The number of carbonyl (C=O) groups is 1. The van der Waals surface area contributed by atoms with E-state index in [0.717, 1.165) is 0 Å². The van der Waals surface area contributed by atoms with Crippen LogP contribution in [-0.2, 0) is 13.5 Å². The number of Topliss-reactive ketones (excluding diaryl/α,β-unsaturated/α-hetero) is 1. The van der Waals surface area contributed by atoms with Gasteiger partial charge in [-0.05, 0) is 17.7 Å². The molecule has 0 aliphatic heterocycles. The Kier molecular flexibility index (Phi) is 3.24. The number of rotatable bonds is 3. The molecule has 0 aliphatic carbocycles. The van der Waals surface area contributed by atoms with E-state index in [1.54, 1.807) is 30.1 Å². The smallest absolute Gasteiger partial charge is 0.202 e. The van der Waals surface area contributed by atoms with Crippen LogP contribution in [0.3, 0.4) is 0 Å². The Morgan fingerprint density at radius 3 is 2.88 bits per heavy atom. The predicted octanol–water partition coefficient (Wildman–Crippen LogP) is 2.64. The lowest BCUT2D eigenvalue weighted by atomic mass is 10.1. The van der Waals surface area contributed by atoms with Crippen LogP contribution in [0.15, 0.2) is 30.6 Å². The quantitative estimate of drug-likeness (QED) is 0.787. The highest BCUT2D eigenvalue weighted by Gasteiger charge is 2.12. The van der Waals surface area contributed by atoms with E-state index < -0.39 is 5.82 Å². The second-order valence-electron chi connectivity index (χ2n) is 3.71. The van der Waals surface area contributed by atoms with Crippen molar-refractivity contribution in [1.82, 2.24) is 9.55 Å². The highest BCUT2D eigenvalue weighted by molar-refractivity contribution is 6.30. The average molecular weight is 253 g/mol. The van der Waals surface area contributed by atoms with E-state index in [1.807, 2.05) is 0 Å². The first-order chi connectivity index (χ1) is 8.08. The lowest BCUT2D eigenvalue weighted by molar-refractivity contribution is 0.0980. The molecule has 0 unspecified atom stereocenters. The number of nitrogens with zero attached hydrogens (tertiary/aromatic N) is 2. The van der Waals surface area contributed by atoms with Gasteiger partial charge in [0.25, 0.3) is 0 Å². The summed E-state index contributed by atoms with van der Waals surface area (Å²) in [6.45, 7) is 0. The molecule has 0 fully saturated rings. The van der Waals surface area contributed by atoms with Gasteiger partial charge in [0.15, 0.2) is 5.82 Å². The molecule has 0 N–H and O–H groups in total. The topological polar surface area (TPSA) is 34.9 Å². The van der Waals surface area contributed by atoms with Crippen LogP contribution in [0.25, 0.3) is 0 Å². The number of imidazole rings is 1. The maximum atomic E-state index is 13.2. The van der Waals surface area contributed by atoms with Gasteiger partial charge in [-0.1, -0.05) is 17.7 Å². The van der Waals surface area contributed by atoms with Gasteiger partial charge in [-0.2, -0.15) is 0 Å². The Morgan fingerprint density at radius 1 is 1.53 bits per heavy atom. The summed E-state index contributed by atoms with van der Waals surface area (Å²) in [5.41, 5.74) is 0.583. The van der Waals surface area contributed by atoms with Crippen LogP contribution in [0.1, 0.15) is 16.2 Å². The van der Waals surface area contributed by atoms with Crippen LogP contribution in [0.4, 0.5) is 4.39 Å². The monoisotopic (exact) mass is 252 g/mol. The molecule has 0 aliphatic rings. The zero-order valence-electron chi connectivity index (χ0n) is 9.15. The molecule has 1 aromatic carbocycles. The molecular weight excluding hydrogens is 243 g/mol. The number of aromatic nitrogens is 2. The van der Waals surface area contributed by atoms with Crippen molar-refractivity contribution in [3.05, 3.63) is 52.8 Å². The van der Waals surface area contributed by atoms with Crippen LogP contribution in [0.5, 0.6) is 0 Å². The highest BCUT2D eigenvalue weighted by Crippen LogP contribution is 2.16. The SMILES string of the molecule is Cn1ccnc1C(=O)Cc1ccc(Cl)c(F)c1. The number of hydrogen-bond acceptors (Lipinski definition) is 2. The lowest BCUT2D eigenvalue weighted by Gasteiger charge is -2.02. The summed E-state index contributed by atoms with van der Waals surface area (Å²) in [5.74, 6) is -0.309. The fourth-order valence-corrected chi connectivity index (χ4v) is 1.67. The number of ketones is 1. The second kappa shape index (κ2) is 4.67. The third kappa shape index (κ3) is 2.53. The van der Waals surface area contributed by atoms with Gasteiger partial charge >= 0.3 is 0 Å². The molecule has 0 saturated carbocycles. The molecule has 0 spiro atoms. The minimum atomic E-state index is -0.517. The van der Waals surface area contributed by atoms with E-state index >= 15 is 0 Å². The number of aryl methyl sites for hydroxylation is 1. The van der Waals surface area contributed by atoms with Gasteiger partial charge in [0, 0.05) is 25.9 Å².